The molecule has 0 radical (unpaired) electrons. The lowest BCUT2D eigenvalue weighted by atomic mass is 10.0. The summed E-state index contributed by atoms with van der Waals surface area (Å²) in [4.78, 5) is 4.59. The van der Waals surface area contributed by atoms with Crippen LogP contribution in [0, 0.1) is 6.92 Å². The number of benzene rings is 1. The molecule has 1 aliphatic heterocycles. The van der Waals surface area contributed by atoms with Crippen LogP contribution in [0.2, 0.25) is 0 Å². The van der Waals surface area contributed by atoms with E-state index in [0.29, 0.717) is 0 Å². The molecule has 0 aliphatic carbocycles. The predicted molar refractivity (Wildman–Crippen MR) is 71.5 cm³/mol. The number of nitrogens with zero attached hydrogens (tertiary/aromatic N) is 1. The van der Waals surface area contributed by atoms with Crippen molar-refractivity contribution in [2.24, 2.45) is 0 Å². The molecule has 92 valence electrons. The number of nitrogens with one attached hydrogen (secondary N) is 1. The van der Waals surface area contributed by atoms with E-state index < -0.39 is 0 Å². The van der Waals surface area contributed by atoms with E-state index in [1.807, 2.05) is 18.3 Å². The lowest BCUT2D eigenvalue weighted by Gasteiger charge is -2.10. The van der Waals surface area contributed by atoms with Gasteiger partial charge in [0, 0.05) is 24.8 Å². The summed E-state index contributed by atoms with van der Waals surface area (Å²) in [6, 6.07) is 8.07. The zero-order valence-corrected chi connectivity index (χ0v) is 10.7. The maximum absolute atomic E-state index is 5.18. The van der Waals surface area contributed by atoms with Gasteiger partial charge in [0.1, 0.15) is 5.75 Å². The first-order valence-electron chi connectivity index (χ1n) is 6.12. The second-order valence-corrected chi connectivity index (χ2v) is 4.57. The summed E-state index contributed by atoms with van der Waals surface area (Å²) >= 11 is 0. The number of rotatable bonds is 2. The topological polar surface area (TPSA) is 34.1 Å². The summed E-state index contributed by atoms with van der Waals surface area (Å²) in [7, 11) is 1.68. The summed E-state index contributed by atoms with van der Waals surface area (Å²) < 4.78 is 5.18. The van der Waals surface area contributed by atoms with Crippen molar-refractivity contribution >= 4 is 0 Å². The van der Waals surface area contributed by atoms with E-state index in [9.17, 15) is 0 Å². The van der Waals surface area contributed by atoms with Crippen LogP contribution < -0.4 is 10.1 Å². The normalized spacial score (nSPS) is 13.4. The van der Waals surface area contributed by atoms with Crippen molar-refractivity contribution in [3.8, 4) is 17.0 Å². The molecule has 0 spiro atoms. The third-order valence-corrected chi connectivity index (χ3v) is 3.53. The molecule has 18 heavy (non-hydrogen) atoms. The average molecular weight is 240 g/mol. The first kappa shape index (κ1) is 11.2. The van der Waals surface area contributed by atoms with Gasteiger partial charge in [-0.15, -0.1) is 0 Å². The monoisotopic (exact) mass is 240 g/mol. The quantitative estimate of drug-likeness (QED) is 0.876. The highest BCUT2D eigenvalue weighted by Gasteiger charge is 2.16. The molecule has 3 rings (SSSR count). The maximum Gasteiger partial charge on any atom is 0.118 e. The van der Waals surface area contributed by atoms with Gasteiger partial charge in [-0.1, -0.05) is 0 Å². The fraction of sp³-hybridized carbons (Fsp3) is 0.267. The molecule has 0 fully saturated rings. The molecule has 1 N–H and O–H groups in total. The van der Waals surface area contributed by atoms with Gasteiger partial charge in [-0.3, -0.25) is 4.98 Å². The van der Waals surface area contributed by atoms with Crippen molar-refractivity contribution < 1.29 is 4.74 Å². The fourth-order valence-corrected chi connectivity index (χ4v) is 2.46. The van der Waals surface area contributed by atoms with Crippen LogP contribution in [0.15, 0.2) is 30.5 Å². The van der Waals surface area contributed by atoms with Gasteiger partial charge in [0.15, 0.2) is 0 Å². The molecule has 2 heterocycles. The van der Waals surface area contributed by atoms with Crippen molar-refractivity contribution in [3.05, 3.63) is 47.2 Å². The molecular formula is C15H16N2O. The van der Waals surface area contributed by atoms with E-state index in [1.165, 1.54) is 16.7 Å². The van der Waals surface area contributed by atoms with Gasteiger partial charge in [-0.2, -0.15) is 0 Å². The minimum atomic E-state index is 0.874. The standard InChI is InChI=1S/C15H16N2O/c1-10-14-9-16-7-12(14)8-17-15(10)11-3-5-13(18-2)6-4-11/h3-6,8,16H,7,9H2,1-2H3. The first-order chi connectivity index (χ1) is 8.79. The van der Waals surface area contributed by atoms with Gasteiger partial charge in [0.05, 0.1) is 12.8 Å². The summed E-state index contributed by atoms with van der Waals surface area (Å²) in [5, 5.41) is 3.37. The fourth-order valence-electron chi connectivity index (χ4n) is 2.46. The SMILES string of the molecule is COc1ccc(-c2ncc3c(c2C)CNC3)cc1. The summed E-state index contributed by atoms with van der Waals surface area (Å²) in [5.74, 6) is 0.874. The Morgan fingerprint density at radius 2 is 1.94 bits per heavy atom. The molecule has 0 atom stereocenters. The molecule has 0 bridgehead atoms. The Kier molecular flexibility index (Phi) is 2.76. The summed E-state index contributed by atoms with van der Waals surface area (Å²) in [6.07, 6.45) is 1.99. The van der Waals surface area contributed by atoms with Crippen LogP contribution in [0.3, 0.4) is 0 Å². The van der Waals surface area contributed by atoms with Gasteiger partial charge >= 0.3 is 0 Å². The minimum Gasteiger partial charge on any atom is -0.497 e. The number of fused-ring (bicyclic) bond motifs is 1. The Hall–Kier alpha value is -1.87. The highest BCUT2D eigenvalue weighted by Crippen LogP contribution is 2.28. The highest BCUT2D eigenvalue weighted by molar-refractivity contribution is 5.66. The number of aromatic nitrogens is 1. The van der Waals surface area contributed by atoms with Crippen LogP contribution in [0.25, 0.3) is 11.3 Å². The maximum atomic E-state index is 5.18. The van der Waals surface area contributed by atoms with Gasteiger partial charge in [0.25, 0.3) is 0 Å². The smallest absolute Gasteiger partial charge is 0.118 e. The van der Waals surface area contributed by atoms with E-state index in [0.717, 1.165) is 30.1 Å². The Labute approximate surface area is 107 Å². The van der Waals surface area contributed by atoms with Crippen LogP contribution in [0.1, 0.15) is 16.7 Å². The predicted octanol–water partition coefficient (Wildman–Crippen LogP) is 2.67. The van der Waals surface area contributed by atoms with Crippen molar-refractivity contribution in [2.75, 3.05) is 7.11 Å². The number of hydrogen-bond donors (Lipinski definition) is 1. The van der Waals surface area contributed by atoms with Gasteiger partial charge in [-0.25, -0.2) is 0 Å². The van der Waals surface area contributed by atoms with Crippen LogP contribution >= 0.6 is 0 Å². The molecule has 0 saturated carbocycles. The second kappa shape index (κ2) is 4.42. The molecule has 1 aliphatic rings. The Morgan fingerprint density at radius 3 is 2.67 bits per heavy atom. The Balaban J connectivity index is 2.06. The number of ether oxygens (including phenoxy) is 1. The minimum absolute atomic E-state index is 0.874. The Bertz CT molecular complexity index is 576. The largest absolute Gasteiger partial charge is 0.497 e. The second-order valence-electron chi connectivity index (χ2n) is 4.57. The third-order valence-electron chi connectivity index (χ3n) is 3.53. The summed E-state index contributed by atoms with van der Waals surface area (Å²) in [5.41, 5.74) is 6.21. The van der Waals surface area contributed by atoms with Gasteiger partial charge in [0.2, 0.25) is 0 Å². The van der Waals surface area contributed by atoms with Crippen LogP contribution in [-0.2, 0) is 13.1 Å². The van der Waals surface area contributed by atoms with Gasteiger partial charge in [-0.05, 0) is 47.9 Å². The molecule has 2 aromatic rings. The zero-order chi connectivity index (χ0) is 12.5. The van der Waals surface area contributed by atoms with Gasteiger partial charge < -0.3 is 10.1 Å². The molecule has 1 aromatic carbocycles. The lowest BCUT2D eigenvalue weighted by molar-refractivity contribution is 0.415. The Morgan fingerprint density at radius 1 is 1.17 bits per heavy atom. The van der Waals surface area contributed by atoms with E-state index in [4.69, 9.17) is 4.74 Å². The van der Waals surface area contributed by atoms with E-state index in [-0.39, 0.29) is 0 Å². The molecular weight excluding hydrogens is 224 g/mol. The van der Waals surface area contributed by atoms with E-state index in [2.05, 4.69) is 29.4 Å². The zero-order valence-electron chi connectivity index (χ0n) is 10.7. The molecule has 3 nitrogen and oxygen atoms in total. The van der Waals surface area contributed by atoms with Crippen LogP contribution in [-0.4, -0.2) is 12.1 Å². The van der Waals surface area contributed by atoms with Crippen LogP contribution in [0.4, 0.5) is 0 Å². The lowest BCUT2D eigenvalue weighted by Crippen LogP contribution is -2.00. The van der Waals surface area contributed by atoms with Crippen molar-refractivity contribution in [1.29, 1.82) is 0 Å². The number of pyridine rings is 1. The molecule has 1 aromatic heterocycles. The molecule has 0 saturated heterocycles. The number of hydrogen-bond acceptors (Lipinski definition) is 3. The van der Waals surface area contributed by atoms with Crippen LogP contribution in [0.5, 0.6) is 5.75 Å². The molecule has 0 amide bonds. The number of methoxy groups -OCH3 is 1. The van der Waals surface area contributed by atoms with Crippen molar-refractivity contribution in [1.82, 2.24) is 10.3 Å². The molecule has 3 heteroatoms. The van der Waals surface area contributed by atoms with E-state index >= 15 is 0 Å². The summed E-state index contributed by atoms with van der Waals surface area (Å²) in [6.45, 7) is 4.04. The van der Waals surface area contributed by atoms with Crippen molar-refractivity contribution in [3.63, 3.8) is 0 Å². The van der Waals surface area contributed by atoms with E-state index in [1.54, 1.807) is 7.11 Å². The molecule has 0 unspecified atom stereocenters. The highest BCUT2D eigenvalue weighted by atomic mass is 16.5. The first-order valence-corrected chi connectivity index (χ1v) is 6.12. The average Bonchev–Trinajstić information content (AvgIpc) is 2.89. The third kappa shape index (κ3) is 1.77. The van der Waals surface area contributed by atoms with Crippen molar-refractivity contribution in [2.45, 2.75) is 20.0 Å².